The van der Waals surface area contributed by atoms with Crippen LogP contribution in [-0.2, 0) is 4.74 Å². The molecule has 16 heavy (non-hydrogen) atoms. The molecule has 1 aliphatic rings. The molecule has 0 aliphatic heterocycles. The maximum Gasteiger partial charge on any atom is 0.410 e. The Morgan fingerprint density at radius 1 is 1.62 bits per heavy atom. The van der Waals surface area contributed by atoms with Crippen LogP contribution in [0.15, 0.2) is 5.16 Å². The van der Waals surface area contributed by atoms with Gasteiger partial charge in [0.2, 0.25) is 0 Å². The molecule has 6 nitrogen and oxygen atoms in total. The van der Waals surface area contributed by atoms with Gasteiger partial charge >= 0.3 is 6.09 Å². The maximum atomic E-state index is 11.7. The van der Waals surface area contributed by atoms with E-state index in [0.29, 0.717) is 13.0 Å². The average molecular weight is 229 g/mol. The number of rotatable bonds is 5. The first-order chi connectivity index (χ1) is 7.54. The molecule has 0 unspecified atom stereocenters. The molecule has 1 amide bonds. The summed E-state index contributed by atoms with van der Waals surface area (Å²) < 4.78 is 5.12. The Morgan fingerprint density at radius 2 is 2.25 bits per heavy atom. The molecule has 0 heterocycles. The Kier molecular flexibility index (Phi) is 4.39. The molecule has 0 aromatic rings. The normalized spacial score (nSPS) is 16.3. The van der Waals surface area contributed by atoms with E-state index in [-0.39, 0.29) is 24.1 Å². The molecule has 0 aromatic heterocycles. The third-order valence-corrected chi connectivity index (χ3v) is 2.30. The molecule has 0 atom stereocenters. The van der Waals surface area contributed by atoms with E-state index >= 15 is 0 Å². The summed E-state index contributed by atoms with van der Waals surface area (Å²) in [6.07, 6.45) is 1.92. The lowest BCUT2D eigenvalue weighted by Gasteiger charge is -2.22. The van der Waals surface area contributed by atoms with Crippen LogP contribution in [0.4, 0.5) is 4.79 Å². The van der Waals surface area contributed by atoms with Crippen molar-refractivity contribution in [3.05, 3.63) is 0 Å². The lowest BCUT2D eigenvalue weighted by atomic mass is 10.3. The highest BCUT2D eigenvalue weighted by Gasteiger charge is 2.33. The van der Waals surface area contributed by atoms with Crippen molar-refractivity contribution >= 4 is 11.9 Å². The Bertz CT molecular complexity index is 274. The standard InChI is InChI=1S/C10H19N3O3/c1-7(2)16-10(14)13(8-3-4-8)6-5-9(11)12-15/h7-8,15H,3-6H2,1-2H3,(H2,11,12). The first-order valence-electron chi connectivity index (χ1n) is 5.48. The van der Waals surface area contributed by atoms with E-state index in [9.17, 15) is 4.79 Å². The van der Waals surface area contributed by atoms with E-state index in [1.165, 1.54) is 0 Å². The van der Waals surface area contributed by atoms with Gasteiger partial charge in [-0.15, -0.1) is 0 Å². The number of oxime groups is 1. The fourth-order valence-corrected chi connectivity index (χ4v) is 1.36. The molecule has 0 saturated heterocycles. The second-order valence-electron chi connectivity index (χ2n) is 4.20. The third kappa shape index (κ3) is 3.96. The number of amidine groups is 1. The Hall–Kier alpha value is -1.46. The molecule has 1 aliphatic carbocycles. The zero-order valence-corrected chi connectivity index (χ0v) is 9.72. The van der Waals surface area contributed by atoms with E-state index < -0.39 is 0 Å². The summed E-state index contributed by atoms with van der Waals surface area (Å²) in [5, 5.41) is 11.3. The van der Waals surface area contributed by atoms with Gasteiger partial charge in [-0.2, -0.15) is 0 Å². The number of nitrogens with two attached hydrogens (primary N) is 1. The molecular weight excluding hydrogens is 210 g/mol. The Morgan fingerprint density at radius 3 is 2.69 bits per heavy atom. The molecule has 6 heteroatoms. The van der Waals surface area contributed by atoms with Gasteiger partial charge < -0.3 is 20.6 Å². The fourth-order valence-electron chi connectivity index (χ4n) is 1.36. The number of nitrogens with zero attached hydrogens (tertiary/aromatic N) is 2. The van der Waals surface area contributed by atoms with Gasteiger partial charge in [-0.1, -0.05) is 5.16 Å². The van der Waals surface area contributed by atoms with Crippen LogP contribution >= 0.6 is 0 Å². The summed E-state index contributed by atoms with van der Waals surface area (Å²) in [5.41, 5.74) is 5.36. The first kappa shape index (κ1) is 12.6. The molecular formula is C10H19N3O3. The monoisotopic (exact) mass is 229 g/mol. The quantitative estimate of drug-likeness (QED) is 0.320. The van der Waals surface area contributed by atoms with Gasteiger partial charge in [0.05, 0.1) is 6.10 Å². The summed E-state index contributed by atoms with van der Waals surface area (Å²) in [5.74, 6) is 0.128. The molecule has 1 fully saturated rings. The summed E-state index contributed by atoms with van der Waals surface area (Å²) >= 11 is 0. The van der Waals surface area contributed by atoms with E-state index in [4.69, 9.17) is 15.7 Å². The van der Waals surface area contributed by atoms with Crippen LogP contribution in [0.2, 0.25) is 0 Å². The van der Waals surface area contributed by atoms with Crippen molar-refractivity contribution in [1.29, 1.82) is 0 Å². The van der Waals surface area contributed by atoms with Crippen molar-refractivity contribution in [2.24, 2.45) is 10.9 Å². The van der Waals surface area contributed by atoms with Crippen LogP contribution in [0, 0.1) is 0 Å². The maximum absolute atomic E-state index is 11.7. The van der Waals surface area contributed by atoms with Gasteiger partial charge in [-0.3, -0.25) is 0 Å². The highest BCUT2D eigenvalue weighted by atomic mass is 16.6. The predicted molar refractivity (Wildman–Crippen MR) is 59.4 cm³/mol. The van der Waals surface area contributed by atoms with Crippen LogP contribution in [0.1, 0.15) is 33.1 Å². The lowest BCUT2D eigenvalue weighted by molar-refractivity contribution is 0.0752. The van der Waals surface area contributed by atoms with Gasteiger partial charge in [0.25, 0.3) is 0 Å². The minimum atomic E-state index is -0.316. The Labute approximate surface area is 95.0 Å². The lowest BCUT2D eigenvalue weighted by Crippen LogP contribution is -2.37. The summed E-state index contributed by atoms with van der Waals surface area (Å²) in [6, 6.07) is 0.262. The molecule has 92 valence electrons. The molecule has 3 N–H and O–H groups in total. The van der Waals surface area contributed by atoms with Crippen molar-refractivity contribution in [1.82, 2.24) is 4.90 Å². The van der Waals surface area contributed by atoms with Crippen molar-refractivity contribution < 1.29 is 14.7 Å². The minimum absolute atomic E-state index is 0.127. The van der Waals surface area contributed by atoms with Crippen molar-refractivity contribution in [3.8, 4) is 0 Å². The van der Waals surface area contributed by atoms with Gasteiger partial charge in [0.1, 0.15) is 5.84 Å². The van der Waals surface area contributed by atoms with Gasteiger partial charge in [0, 0.05) is 19.0 Å². The summed E-state index contributed by atoms with van der Waals surface area (Å²) in [7, 11) is 0. The molecule has 1 saturated carbocycles. The smallest absolute Gasteiger partial charge is 0.410 e. The second-order valence-corrected chi connectivity index (χ2v) is 4.20. The largest absolute Gasteiger partial charge is 0.447 e. The van der Waals surface area contributed by atoms with Crippen molar-refractivity contribution in [3.63, 3.8) is 0 Å². The van der Waals surface area contributed by atoms with Crippen molar-refractivity contribution in [2.75, 3.05) is 6.54 Å². The van der Waals surface area contributed by atoms with E-state index in [2.05, 4.69) is 5.16 Å². The molecule has 0 spiro atoms. The van der Waals surface area contributed by atoms with Crippen LogP contribution in [-0.4, -0.2) is 40.7 Å². The number of carbonyl (C=O) groups excluding carboxylic acids is 1. The van der Waals surface area contributed by atoms with Gasteiger partial charge in [0.15, 0.2) is 0 Å². The second kappa shape index (κ2) is 5.58. The number of carbonyl (C=O) groups is 1. The Balaban J connectivity index is 2.44. The zero-order chi connectivity index (χ0) is 12.1. The molecule has 0 radical (unpaired) electrons. The van der Waals surface area contributed by atoms with Gasteiger partial charge in [-0.05, 0) is 26.7 Å². The number of hydrogen-bond acceptors (Lipinski definition) is 4. The molecule has 0 aromatic carbocycles. The average Bonchev–Trinajstić information content (AvgIpc) is 3.00. The molecule has 0 bridgehead atoms. The van der Waals surface area contributed by atoms with Crippen LogP contribution in [0.5, 0.6) is 0 Å². The number of hydrogen-bond donors (Lipinski definition) is 2. The third-order valence-electron chi connectivity index (χ3n) is 2.30. The highest BCUT2D eigenvalue weighted by Crippen LogP contribution is 2.27. The van der Waals surface area contributed by atoms with Gasteiger partial charge in [-0.25, -0.2) is 4.79 Å². The van der Waals surface area contributed by atoms with Crippen LogP contribution in [0.3, 0.4) is 0 Å². The van der Waals surface area contributed by atoms with Crippen LogP contribution < -0.4 is 5.73 Å². The number of ether oxygens (including phenoxy) is 1. The predicted octanol–water partition coefficient (Wildman–Crippen LogP) is 1.13. The summed E-state index contributed by atoms with van der Waals surface area (Å²) in [4.78, 5) is 13.3. The van der Waals surface area contributed by atoms with Crippen molar-refractivity contribution in [2.45, 2.75) is 45.3 Å². The zero-order valence-electron chi connectivity index (χ0n) is 9.72. The van der Waals surface area contributed by atoms with E-state index in [1.54, 1.807) is 4.90 Å². The number of amides is 1. The van der Waals surface area contributed by atoms with Crippen LogP contribution in [0.25, 0.3) is 0 Å². The highest BCUT2D eigenvalue weighted by molar-refractivity contribution is 5.80. The summed E-state index contributed by atoms with van der Waals surface area (Å²) in [6.45, 7) is 4.06. The first-order valence-corrected chi connectivity index (χ1v) is 5.48. The fraction of sp³-hybridized carbons (Fsp3) is 0.800. The van der Waals surface area contributed by atoms with E-state index in [1.807, 2.05) is 13.8 Å². The topological polar surface area (TPSA) is 88.2 Å². The SMILES string of the molecule is CC(C)OC(=O)N(CCC(N)=NO)C1CC1. The molecule has 1 rings (SSSR count). The van der Waals surface area contributed by atoms with E-state index in [0.717, 1.165) is 12.8 Å². The minimum Gasteiger partial charge on any atom is -0.447 e.